The van der Waals surface area contributed by atoms with Crippen molar-refractivity contribution >= 4 is 12.2 Å². The average Bonchev–Trinajstić information content (AvgIpc) is 2.17. The highest BCUT2D eigenvalue weighted by Gasteiger charge is 1.92. The van der Waals surface area contributed by atoms with Gasteiger partial charge in [0.25, 0.3) is 0 Å². The monoisotopic (exact) mass is 194 g/mol. The van der Waals surface area contributed by atoms with Crippen molar-refractivity contribution in [1.82, 2.24) is 10.9 Å². The van der Waals surface area contributed by atoms with E-state index in [0.717, 1.165) is 0 Å². The summed E-state index contributed by atoms with van der Waals surface area (Å²) in [7, 11) is 0. The molecule has 0 bridgehead atoms. The molecule has 0 radical (unpaired) electrons. The van der Waals surface area contributed by atoms with Crippen LogP contribution >= 0.6 is 0 Å². The van der Waals surface area contributed by atoms with Gasteiger partial charge in [0.15, 0.2) is 0 Å². The highest BCUT2D eigenvalue weighted by molar-refractivity contribution is 5.82. The minimum Gasteiger partial charge on any atom is -0.508 e. The molecule has 0 aromatic heterocycles. The number of hydrazine groups is 1. The number of carbonyl (C=O) groups excluding carboxylic acids is 1. The molecule has 6 nitrogen and oxygen atoms in total. The van der Waals surface area contributed by atoms with Crippen LogP contribution in [-0.4, -0.2) is 17.4 Å². The van der Waals surface area contributed by atoms with Crippen LogP contribution in [0, 0.1) is 0 Å². The number of nitrogens with one attached hydrogen (secondary N) is 2. The van der Waals surface area contributed by atoms with E-state index < -0.39 is 6.03 Å². The quantitative estimate of drug-likeness (QED) is 0.229. The first-order chi connectivity index (χ1) is 6.72. The highest BCUT2D eigenvalue weighted by atomic mass is 16.3. The van der Waals surface area contributed by atoms with Crippen LogP contribution in [0.25, 0.3) is 0 Å². The van der Waals surface area contributed by atoms with Crippen molar-refractivity contribution in [2.24, 2.45) is 10.9 Å². The number of nitrogens with two attached hydrogens (primary N) is 1. The third kappa shape index (κ3) is 3.11. The highest BCUT2D eigenvalue weighted by Crippen LogP contribution is 2.08. The van der Waals surface area contributed by atoms with Crippen LogP contribution < -0.4 is 16.7 Å². The fourth-order valence-electron chi connectivity index (χ4n) is 0.803. The molecule has 0 aliphatic carbocycles. The molecule has 2 amide bonds. The Bertz CT molecular complexity index is 351. The molecule has 1 rings (SSSR count). The first kappa shape index (κ1) is 10.0. The number of urea groups is 1. The minimum atomic E-state index is -0.610. The van der Waals surface area contributed by atoms with Gasteiger partial charge in [0.05, 0.1) is 6.21 Å². The SMILES string of the molecule is NNC(=O)NN=Cc1cccc(O)c1. The lowest BCUT2D eigenvalue weighted by atomic mass is 10.2. The zero-order chi connectivity index (χ0) is 10.4. The Morgan fingerprint density at radius 2 is 2.36 bits per heavy atom. The molecule has 0 unspecified atom stereocenters. The topological polar surface area (TPSA) is 99.7 Å². The summed E-state index contributed by atoms with van der Waals surface area (Å²) >= 11 is 0. The second-order valence-electron chi connectivity index (χ2n) is 2.44. The number of phenolic OH excluding ortho intramolecular Hbond substituents is 1. The summed E-state index contributed by atoms with van der Waals surface area (Å²) < 4.78 is 0. The first-order valence-electron chi connectivity index (χ1n) is 3.81. The third-order valence-electron chi connectivity index (χ3n) is 1.38. The number of hydrogen-bond acceptors (Lipinski definition) is 4. The van der Waals surface area contributed by atoms with Gasteiger partial charge >= 0.3 is 6.03 Å². The Labute approximate surface area is 80.4 Å². The van der Waals surface area contributed by atoms with Crippen molar-refractivity contribution in [3.8, 4) is 5.75 Å². The Balaban J connectivity index is 2.56. The van der Waals surface area contributed by atoms with Crippen molar-refractivity contribution < 1.29 is 9.90 Å². The van der Waals surface area contributed by atoms with E-state index in [1.165, 1.54) is 18.3 Å². The maximum Gasteiger partial charge on any atom is 0.349 e. The van der Waals surface area contributed by atoms with Crippen molar-refractivity contribution in [1.29, 1.82) is 0 Å². The van der Waals surface area contributed by atoms with E-state index in [9.17, 15) is 4.79 Å². The molecular formula is C8H10N4O2. The molecular weight excluding hydrogens is 184 g/mol. The van der Waals surface area contributed by atoms with Gasteiger partial charge in [0, 0.05) is 0 Å². The zero-order valence-corrected chi connectivity index (χ0v) is 7.27. The number of hydrazone groups is 1. The number of amides is 2. The molecule has 1 aromatic carbocycles. The number of phenols is 1. The van der Waals surface area contributed by atoms with E-state index >= 15 is 0 Å². The summed E-state index contributed by atoms with van der Waals surface area (Å²) in [6.45, 7) is 0. The van der Waals surface area contributed by atoms with Crippen molar-refractivity contribution in [3.05, 3.63) is 29.8 Å². The summed E-state index contributed by atoms with van der Waals surface area (Å²) in [6.07, 6.45) is 1.38. The molecule has 0 saturated carbocycles. The molecule has 0 aliphatic heterocycles. The molecule has 74 valence electrons. The van der Waals surface area contributed by atoms with Crippen molar-refractivity contribution in [2.75, 3.05) is 0 Å². The van der Waals surface area contributed by atoms with Gasteiger partial charge in [-0.25, -0.2) is 16.1 Å². The summed E-state index contributed by atoms with van der Waals surface area (Å²) in [5.74, 6) is 4.94. The number of aromatic hydroxyl groups is 1. The number of benzene rings is 1. The van der Waals surface area contributed by atoms with Gasteiger partial charge in [-0.1, -0.05) is 12.1 Å². The fourth-order valence-corrected chi connectivity index (χ4v) is 0.803. The van der Waals surface area contributed by atoms with Crippen LogP contribution in [0.3, 0.4) is 0 Å². The molecule has 14 heavy (non-hydrogen) atoms. The molecule has 0 spiro atoms. The van der Waals surface area contributed by atoms with Crippen molar-refractivity contribution in [2.45, 2.75) is 0 Å². The van der Waals surface area contributed by atoms with Gasteiger partial charge < -0.3 is 5.11 Å². The van der Waals surface area contributed by atoms with Gasteiger partial charge in [-0.2, -0.15) is 5.10 Å². The summed E-state index contributed by atoms with van der Waals surface area (Å²) in [5, 5.41) is 12.7. The molecule has 0 fully saturated rings. The van der Waals surface area contributed by atoms with E-state index in [1.807, 2.05) is 5.43 Å². The predicted molar refractivity (Wildman–Crippen MR) is 51.6 cm³/mol. The largest absolute Gasteiger partial charge is 0.508 e. The van der Waals surface area contributed by atoms with Gasteiger partial charge in [0.2, 0.25) is 0 Å². The molecule has 0 aliphatic rings. The Morgan fingerprint density at radius 3 is 3.00 bits per heavy atom. The normalized spacial score (nSPS) is 10.1. The molecule has 0 saturated heterocycles. The van der Waals surface area contributed by atoms with E-state index in [1.54, 1.807) is 12.1 Å². The van der Waals surface area contributed by atoms with Gasteiger partial charge in [-0.05, 0) is 17.7 Å². The minimum absolute atomic E-state index is 0.136. The second-order valence-corrected chi connectivity index (χ2v) is 2.44. The standard InChI is InChI=1S/C8H10N4O2/c9-11-8(14)12-10-5-6-2-1-3-7(13)4-6/h1-5,13H,9H2,(H2,11,12,14). The number of nitrogens with zero attached hydrogens (tertiary/aromatic N) is 1. The van der Waals surface area contributed by atoms with E-state index in [4.69, 9.17) is 10.9 Å². The summed E-state index contributed by atoms with van der Waals surface area (Å²) in [4.78, 5) is 10.6. The third-order valence-corrected chi connectivity index (χ3v) is 1.38. The lowest BCUT2D eigenvalue weighted by Crippen LogP contribution is -2.37. The lowest BCUT2D eigenvalue weighted by molar-refractivity contribution is 0.241. The molecule has 0 heterocycles. The van der Waals surface area contributed by atoms with E-state index in [2.05, 4.69) is 10.5 Å². The molecule has 6 heteroatoms. The lowest BCUT2D eigenvalue weighted by Gasteiger charge is -1.96. The number of rotatable bonds is 2. The average molecular weight is 194 g/mol. The van der Waals surface area contributed by atoms with Crippen molar-refractivity contribution in [3.63, 3.8) is 0 Å². The Morgan fingerprint density at radius 1 is 1.57 bits per heavy atom. The molecule has 1 aromatic rings. The smallest absolute Gasteiger partial charge is 0.349 e. The Hall–Kier alpha value is -2.08. The van der Waals surface area contributed by atoms with Gasteiger partial charge in [-0.15, -0.1) is 0 Å². The van der Waals surface area contributed by atoms with Crippen LogP contribution in [0.4, 0.5) is 4.79 Å². The van der Waals surface area contributed by atoms with Crippen LogP contribution in [0.15, 0.2) is 29.4 Å². The van der Waals surface area contributed by atoms with Crippen LogP contribution in [0.1, 0.15) is 5.56 Å². The van der Waals surface area contributed by atoms with Crippen LogP contribution in [0.2, 0.25) is 0 Å². The predicted octanol–water partition coefficient (Wildman–Crippen LogP) is -0.101. The van der Waals surface area contributed by atoms with Crippen LogP contribution in [0.5, 0.6) is 5.75 Å². The summed E-state index contributed by atoms with van der Waals surface area (Å²) in [5.41, 5.74) is 4.63. The number of carbonyl (C=O) groups is 1. The van der Waals surface area contributed by atoms with Crippen LogP contribution in [-0.2, 0) is 0 Å². The first-order valence-corrected chi connectivity index (χ1v) is 3.81. The van der Waals surface area contributed by atoms with Gasteiger partial charge in [0.1, 0.15) is 5.75 Å². The second kappa shape index (κ2) is 4.83. The zero-order valence-electron chi connectivity index (χ0n) is 7.27. The fraction of sp³-hybridized carbons (Fsp3) is 0. The molecule has 5 N–H and O–H groups in total. The van der Waals surface area contributed by atoms with E-state index in [0.29, 0.717) is 5.56 Å². The maximum absolute atomic E-state index is 10.6. The van der Waals surface area contributed by atoms with Gasteiger partial charge in [-0.3, -0.25) is 5.43 Å². The molecule has 0 atom stereocenters. The van der Waals surface area contributed by atoms with E-state index in [-0.39, 0.29) is 5.75 Å². The maximum atomic E-state index is 10.6. The summed E-state index contributed by atoms with van der Waals surface area (Å²) in [6, 6.07) is 5.83. The Kier molecular flexibility index (Phi) is 3.45. The number of hydrogen-bond donors (Lipinski definition) is 4.